The van der Waals surface area contributed by atoms with Crippen LogP contribution in [0.25, 0.3) is 0 Å². The van der Waals surface area contributed by atoms with Crippen molar-refractivity contribution in [3.63, 3.8) is 0 Å². The second-order valence-electron chi connectivity index (χ2n) is 3.28. The number of hydrogen-bond donors (Lipinski definition) is 1. The molecule has 0 bridgehead atoms. The predicted molar refractivity (Wildman–Crippen MR) is 68.8 cm³/mol. The van der Waals surface area contributed by atoms with Crippen molar-refractivity contribution >= 4 is 27.3 Å². The van der Waals surface area contributed by atoms with Crippen LogP contribution in [0, 0.1) is 0 Å². The van der Waals surface area contributed by atoms with Crippen molar-refractivity contribution in [1.29, 1.82) is 0 Å². The first kappa shape index (κ1) is 10.2. The summed E-state index contributed by atoms with van der Waals surface area (Å²) in [5.41, 5.74) is 3.54. The lowest BCUT2D eigenvalue weighted by Crippen LogP contribution is -1.93. The highest BCUT2D eigenvalue weighted by molar-refractivity contribution is 9.08. The Morgan fingerprint density at radius 2 is 1.53 bits per heavy atom. The Balaban J connectivity index is 2.24. The van der Waals surface area contributed by atoms with Gasteiger partial charge in [-0.3, -0.25) is 0 Å². The minimum Gasteiger partial charge on any atom is -0.355 e. The van der Waals surface area contributed by atoms with Gasteiger partial charge in [-0.2, -0.15) is 0 Å². The first-order valence-electron chi connectivity index (χ1n) is 4.86. The summed E-state index contributed by atoms with van der Waals surface area (Å²) in [4.78, 5) is 0. The summed E-state index contributed by atoms with van der Waals surface area (Å²) in [6.45, 7) is 0. The minimum atomic E-state index is 0.864. The molecule has 0 aromatic heterocycles. The summed E-state index contributed by atoms with van der Waals surface area (Å²) < 4.78 is 0. The first-order chi connectivity index (χ1) is 7.40. The fourth-order valence-corrected chi connectivity index (χ4v) is 1.92. The van der Waals surface area contributed by atoms with Gasteiger partial charge in [-0.05, 0) is 23.8 Å². The van der Waals surface area contributed by atoms with Gasteiger partial charge in [-0.25, -0.2) is 0 Å². The van der Waals surface area contributed by atoms with Gasteiger partial charge in [0, 0.05) is 16.7 Å². The van der Waals surface area contributed by atoms with E-state index in [1.54, 1.807) is 0 Å². The van der Waals surface area contributed by atoms with Crippen molar-refractivity contribution < 1.29 is 0 Å². The number of hydrogen-bond acceptors (Lipinski definition) is 1. The fourth-order valence-electron chi connectivity index (χ4n) is 1.44. The second-order valence-corrected chi connectivity index (χ2v) is 3.84. The van der Waals surface area contributed by atoms with Crippen LogP contribution in [0.3, 0.4) is 0 Å². The zero-order valence-corrected chi connectivity index (χ0v) is 9.87. The molecule has 0 fully saturated rings. The SMILES string of the molecule is BrCc1ccccc1Nc1ccccc1. The summed E-state index contributed by atoms with van der Waals surface area (Å²) in [6.07, 6.45) is 0. The number of rotatable bonds is 3. The summed E-state index contributed by atoms with van der Waals surface area (Å²) in [7, 11) is 0. The maximum atomic E-state index is 3.48. The van der Waals surface area contributed by atoms with E-state index in [0.717, 1.165) is 16.7 Å². The topological polar surface area (TPSA) is 12.0 Å². The van der Waals surface area contributed by atoms with E-state index < -0.39 is 0 Å². The van der Waals surface area contributed by atoms with E-state index in [4.69, 9.17) is 0 Å². The number of anilines is 2. The van der Waals surface area contributed by atoms with Crippen molar-refractivity contribution in [1.82, 2.24) is 0 Å². The molecule has 0 unspecified atom stereocenters. The van der Waals surface area contributed by atoms with Crippen LogP contribution in [0.15, 0.2) is 54.6 Å². The molecule has 1 nitrogen and oxygen atoms in total. The van der Waals surface area contributed by atoms with Gasteiger partial charge >= 0.3 is 0 Å². The van der Waals surface area contributed by atoms with Crippen molar-refractivity contribution in [3.8, 4) is 0 Å². The zero-order valence-electron chi connectivity index (χ0n) is 8.28. The molecule has 0 aliphatic rings. The van der Waals surface area contributed by atoms with Crippen molar-refractivity contribution in [2.45, 2.75) is 5.33 Å². The van der Waals surface area contributed by atoms with Gasteiger partial charge in [0.2, 0.25) is 0 Å². The van der Waals surface area contributed by atoms with Crippen molar-refractivity contribution in [2.75, 3.05) is 5.32 Å². The van der Waals surface area contributed by atoms with Crippen LogP contribution in [0.4, 0.5) is 11.4 Å². The number of alkyl halides is 1. The highest BCUT2D eigenvalue weighted by Gasteiger charge is 1.99. The van der Waals surface area contributed by atoms with Crippen LogP contribution in [0.5, 0.6) is 0 Å². The van der Waals surface area contributed by atoms with Gasteiger partial charge in [-0.15, -0.1) is 0 Å². The summed E-state index contributed by atoms with van der Waals surface area (Å²) in [6, 6.07) is 18.5. The van der Waals surface area contributed by atoms with Crippen LogP contribution in [-0.2, 0) is 5.33 Å². The maximum Gasteiger partial charge on any atom is 0.0425 e. The lowest BCUT2D eigenvalue weighted by Gasteiger charge is -2.09. The highest BCUT2D eigenvalue weighted by Crippen LogP contribution is 2.22. The molecule has 2 heteroatoms. The molecular weight excluding hydrogens is 250 g/mol. The molecule has 0 spiro atoms. The van der Waals surface area contributed by atoms with Gasteiger partial charge in [-0.1, -0.05) is 52.3 Å². The summed E-state index contributed by atoms with van der Waals surface area (Å²) in [5.74, 6) is 0. The number of halogens is 1. The van der Waals surface area contributed by atoms with Crippen LogP contribution >= 0.6 is 15.9 Å². The van der Waals surface area contributed by atoms with Crippen molar-refractivity contribution in [3.05, 3.63) is 60.2 Å². The minimum absolute atomic E-state index is 0.864. The molecule has 0 atom stereocenters. The molecular formula is C13H12BrN. The van der Waals surface area contributed by atoms with Gasteiger partial charge in [0.05, 0.1) is 0 Å². The third-order valence-corrected chi connectivity index (χ3v) is 2.82. The van der Waals surface area contributed by atoms with Gasteiger partial charge in [0.1, 0.15) is 0 Å². The molecule has 76 valence electrons. The third-order valence-electron chi connectivity index (χ3n) is 2.21. The molecule has 2 aromatic rings. The first-order valence-corrected chi connectivity index (χ1v) is 5.98. The smallest absolute Gasteiger partial charge is 0.0425 e. The molecule has 2 aromatic carbocycles. The van der Waals surface area contributed by atoms with Gasteiger partial charge in [0.25, 0.3) is 0 Å². The van der Waals surface area contributed by atoms with Crippen LogP contribution in [0.2, 0.25) is 0 Å². The molecule has 0 saturated heterocycles. The summed E-state index contributed by atoms with van der Waals surface area (Å²) >= 11 is 3.48. The standard InChI is InChI=1S/C13H12BrN/c14-10-11-6-4-5-9-13(11)15-12-7-2-1-3-8-12/h1-9,15H,10H2. The molecule has 0 heterocycles. The van der Waals surface area contributed by atoms with Crippen molar-refractivity contribution in [2.24, 2.45) is 0 Å². The molecule has 0 radical (unpaired) electrons. The maximum absolute atomic E-state index is 3.48. The van der Waals surface area contributed by atoms with E-state index in [1.807, 2.05) is 30.3 Å². The number of nitrogens with one attached hydrogen (secondary N) is 1. The van der Waals surface area contributed by atoms with E-state index in [1.165, 1.54) is 5.56 Å². The van der Waals surface area contributed by atoms with E-state index in [0.29, 0.717) is 0 Å². The fraction of sp³-hybridized carbons (Fsp3) is 0.0769. The molecule has 2 rings (SSSR count). The number of benzene rings is 2. The molecule has 0 aliphatic carbocycles. The molecule has 1 N–H and O–H groups in total. The molecule has 0 saturated carbocycles. The Morgan fingerprint density at radius 1 is 0.867 bits per heavy atom. The molecule has 15 heavy (non-hydrogen) atoms. The normalized spacial score (nSPS) is 9.93. The molecule has 0 aliphatic heterocycles. The zero-order chi connectivity index (χ0) is 10.5. The Kier molecular flexibility index (Phi) is 3.41. The lowest BCUT2D eigenvalue weighted by molar-refractivity contribution is 1.41. The molecule has 0 amide bonds. The van der Waals surface area contributed by atoms with Gasteiger partial charge < -0.3 is 5.32 Å². The summed E-state index contributed by atoms with van der Waals surface area (Å²) in [5, 5.41) is 4.26. The Morgan fingerprint density at radius 3 is 2.27 bits per heavy atom. The van der Waals surface area contributed by atoms with Crippen LogP contribution in [-0.4, -0.2) is 0 Å². The van der Waals surface area contributed by atoms with E-state index in [2.05, 4.69) is 45.5 Å². The van der Waals surface area contributed by atoms with E-state index >= 15 is 0 Å². The quantitative estimate of drug-likeness (QED) is 0.812. The number of para-hydroxylation sites is 2. The monoisotopic (exact) mass is 261 g/mol. The third kappa shape index (κ3) is 2.60. The largest absolute Gasteiger partial charge is 0.355 e. The van der Waals surface area contributed by atoms with Crippen LogP contribution in [0.1, 0.15) is 5.56 Å². The average Bonchev–Trinajstić information content (AvgIpc) is 2.31. The Bertz CT molecular complexity index is 426. The van der Waals surface area contributed by atoms with E-state index in [9.17, 15) is 0 Å². The predicted octanol–water partition coefficient (Wildman–Crippen LogP) is 4.33. The average molecular weight is 262 g/mol. The highest BCUT2D eigenvalue weighted by atomic mass is 79.9. The Labute approximate surface area is 98.3 Å². The van der Waals surface area contributed by atoms with E-state index in [-0.39, 0.29) is 0 Å². The van der Waals surface area contributed by atoms with Crippen LogP contribution < -0.4 is 5.32 Å². The Hall–Kier alpha value is -1.28. The lowest BCUT2D eigenvalue weighted by atomic mass is 10.2. The van der Waals surface area contributed by atoms with Gasteiger partial charge in [0.15, 0.2) is 0 Å². The second kappa shape index (κ2) is 4.99.